The van der Waals surface area contributed by atoms with Gasteiger partial charge >= 0.3 is 25.8 Å². The quantitative estimate of drug-likeness (QED) is 0.133. The zero-order chi connectivity index (χ0) is 22.4. The van der Waals surface area contributed by atoms with Crippen LogP contribution in [-0.2, 0) is 25.8 Å². The Bertz CT molecular complexity index is 1450. The third-order valence-electron chi connectivity index (χ3n) is 7.11. The summed E-state index contributed by atoms with van der Waals surface area (Å²) in [5.74, 6) is 0. The van der Waals surface area contributed by atoms with Gasteiger partial charge in [-0.2, -0.15) is 12.1 Å². The van der Waals surface area contributed by atoms with Crippen molar-refractivity contribution in [3.8, 4) is 22.3 Å². The van der Waals surface area contributed by atoms with Crippen LogP contribution >= 0.6 is 0 Å². The first-order valence-electron chi connectivity index (χ1n) is 11.6. The Hall–Kier alpha value is -2.81. The zero-order valence-electron chi connectivity index (χ0n) is 21.5. The van der Waals surface area contributed by atoms with Crippen molar-refractivity contribution in [3.63, 3.8) is 0 Å². The van der Waals surface area contributed by atoms with Gasteiger partial charge in [0, 0.05) is 0 Å². The Morgan fingerprint density at radius 3 is 1.28 bits per heavy atom. The summed E-state index contributed by atoms with van der Waals surface area (Å²) >= 11 is 0. The standard InChI is InChI=1S/C32H26Si.2CH3.Hf/c1-33(2,27-19-25-15-9-17-29(31(25)21-27)23-11-5-3-6-12-23)28-20-26-16-10-18-30(32(26)22-28)24-13-7-4-8-14-24;;;/h3-22H,1-2H3;2*1H3;/q-2;2*-1;+4. The molecule has 0 bridgehead atoms. The molecule has 0 spiro atoms. The minimum atomic E-state index is -1.87. The molecule has 0 atom stereocenters. The van der Waals surface area contributed by atoms with E-state index in [9.17, 15) is 0 Å². The Kier molecular flexibility index (Phi) is 8.54. The maximum Gasteiger partial charge on any atom is 4.00 e. The minimum absolute atomic E-state index is 0. The van der Waals surface area contributed by atoms with Crippen LogP contribution in [0.4, 0.5) is 0 Å². The fourth-order valence-electron chi connectivity index (χ4n) is 5.10. The van der Waals surface area contributed by atoms with Crippen molar-refractivity contribution in [2.24, 2.45) is 0 Å². The van der Waals surface area contributed by atoms with E-state index in [-0.39, 0.29) is 40.7 Å². The molecule has 0 fully saturated rings. The molecule has 0 saturated carbocycles. The van der Waals surface area contributed by atoms with Crippen molar-refractivity contribution < 1.29 is 25.8 Å². The van der Waals surface area contributed by atoms with Crippen LogP contribution in [0.3, 0.4) is 0 Å². The Labute approximate surface area is 236 Å². The second-order valence-electron chi connectivity index (χ2n) is 9.46. The molecule has 2 heteroatoms. The second kappa shape index (κ2) is 11.1. The van der Waals surface area contributed by atoms with Gasteiger partial charge in [-0.1, -0.05) is 97.0 Å². The van der Waals surface area contributed by atoms with Gasteiger partial charge in [-0.15, -0.1) is 68.3 Å². The van der Waals surface area contributed by atoms with Gasteiger partial charge in [0.2, 0.25) is 0 Å². The summed E-state index contributed by atoms with van der Waals surface area (Å²) in [4.78, 5) is 0. The number of benzene rings is 4. The molecule has 0 radical (unpaired) electrons. The summed E-state index contributed by atoms with van der Waals surface area (Å²) in [6, 6.07) is 44.6. The monoisotopic (exact) mass is 648 g/mol. The van der Waals surface area contributed by atoms with E-state index in [2.05, 4.69) is 134 Å². The zero-order valence-corrected chi connectivity index (χ0v) is 26.1. The average molecular weight is 647 g/mol. The summed E-state index contributed by atoms with van der Waals surface area (Å²) in [7, 11) is -1.87. The third kappa shape index (κ3) is 4.77. The van der Waals surface area contributed by atoms with Gasteiger partial charge in [0.1, 0.15) is 0 Å². The van der Waals surface area contributed by atoms with E-state index in [1.54, 1.807) is 0 Å². The molecule has 0 aromatic heterocycles. The smallest absolute Gasteiger partial charge is 0.358 e. The van der Waals surface area contributed by atoms with Crippen LogP contribution in [0.25, 0.3) is 43.8 Å². The van der Waals surface area contributed by atoms with E-state index in [4.69, 9.17) is 0 Å². The van der Waals surface area contributed by atoms with Gasteiger partial charge in [0.15, 0.2) is 0 Å². The van der Waals surface area contributed by atoms with Gasteiger partial charge in [0.25, 0.3) is 0 Å². The maximum atomic E-state index is 2.49. The van der Waals surface area contributed by atoms with Crippen LogP contribution in [0, 0.1) is 14.9 Å². The molecule has 0 unspecified atom stereocenters. The molecule has 6 rings (SSSR count). The van der Waals surface area contributed by atoms with Crippen molar-refractivity contribution in [1.29, 1.82) is 0 Å². The van der Waals surface area contributed by atoms with Crippen LogP contribution in [0.5, 0.6) is 0 Å². The number of hydrogen-bond acceptors (Lipinski definition) is 0. The number of fused-ring (bicyclic) bond motifs is 2. The summed E-state index contributed by atoms with van der Waals surface area (Å²) in [5.41, 5.74) is 5.21. The van der Waals surface area contributed by atoms with Gasteiger partial charge in [-0.25, -0.2) is 0 Å². The molecule has 36 heavy (non-hydrogen) atoms. The molecule has 176 valence electrons. The largest absolute Gasteiger partial charge is 4.00 e. The van der Waals surface area contributed by atoms with Crippen molar-refractivity contribution in [2.45, 2.75) is 13.1 Å². The molecule has 6 aromatic carbocycles. The molecule has 0 saturated heterocycles. The van der Waals surface area contributed by atoms with Gasteiger partial charge < -0.3 is 14.9 Å². The van der Waals surface area contributed by atoms with Crippen molar-refractivity contribution in [1.82, 2.24) is 0 Å². The maximum absolute atomic E-state index is 2.49. The van der Waals surface area contributed by atoms with E-state index < -0.39 is 8.07 Å². The molecule has 0 nitrogen and oxygen atoms in total. The molecule has 0 aliphatic heterocycles. The van der Waals surface area contributed by atoms with Crippen LogP contribution in [0.1, 0.15) is 0 Å². The second-order valence-corrected chi connectivity index (χ2v) is 13.9. The predicted octanol–water partition coefficient (Wildman–Crippen LogP) is 8.49. The van der Waals surface area contributed by atoms with Gasteiger partial charge in [-0.05, 0) is 11.1 Å². The van der Waals surface area contributed by atoms with E-state index in [1.807, 2.05) is 0 Å². The number of hydrogen-bond donors (Lipinski definition) is 0. The SMILES string of the molecule is C[Si](C)(c1cc2c(-c3ccccc3)cccc2[cH-]1)c1cc2c(-c3ccccc3)cccc2[cH-]1.[CH3-].[CH3-].[Hf+4]. The minimum Gasteiger partial charge on any atom is -0.358 e. The summed E-state index contributed by atoms with van der Waals surface area (Å²) in [6.07, 6.45) is 0. The first-order chi connectivity index (χ1) is 16.1. The number of rotatable bonds is 4. The third-order valence-corrected chi connectivity index (χ3v) is 10.6. The van der Waals surface area contributed by atoms with Crippen molar-refractivity contribution in [3.05, 3.63) is 136 Å². The molecule has 0 heterocycles. The first-order valence-corrected chi connectivity index (χ1v) is 14.6. The fourth-order valence-corrected chi connectivity index (χ4v) is 7.47. The summed E-state index contributed by atoms with van der Waals surface area (Å²) in [5, 5.41) is 8.40. The summed E-state index contributed by atoms with van der Waals surface area (Å²) in [6.45, 7) is 4.97. The Morgan fingerprint density at radius 1 is 0.500 bits per heavy atom. The normalized spacial score (nSPS) is 10.9. The van der Waals surface area contributed by atoms with Crippen LogP contribution in [0.15, 0.2) is 121 Å². The Balaban J connectivity index is 0.00000120. The van der Waals surface area contributed by atoms with Crippen LogP contribution in [0.2, 0.25) is 13.1 Å². The van der Waals surface area contributed by atoms with Crippen LogP contribution < -0.4 is 10.4 Å². The summed E-state index contributed by atoms with van der Waals surface area (Å²) < 4.78 is 0. The van der Waals surface area contributed by atoms with E-state index >= 15 is 0 Å². The van der Waals surface area contributed by atoms with Crippen LogP contribution in [-0.4, -0.2) is 8.07 Å². The van der Waals surface area contributed by atoms with E-state index in [1.165, 1.54) is 54.2 Å². The van der Waals surface area contributed by atoms with Gasteiger partial charge in [0.05, 0.1) is 8.07 Å². The van der Waals surface area contributed by atoms with Crippen molar-refractivity contribution in [2.75, 3.05) is 0 Å². The Morgan fingerprint density at radius 2 is 0.889 bits per heavy atom. The molecule has 6 aromatic rings. The molecular weight excluding hydrogens is 615 g/mol. The molecule has 0 aliphatic carbocycles. The van der Waals surface area contributed by atoms with E-state index in [0.717, 1.165) is 0 Å². The van der Waals surface area contributed by atoms with Gasteiger partial charge in [-0.3, -0.25) is 0 Å². The molecule has 0 aliphatic rings. The van der Waals surface area contributed by atoms with Crippen molar-refractivity contribution >= 4 is 40.0 Å². The fraction of sp³-hybridized carbons (Fsp3) is 0.0588. The molecular formula is C34H32HfSi. The first kappa shape index (κ1) is 27.8. The topological polar surface area (TPSA) is 0 Å². The predicted molar refractivity (Wildman–Crippen MR) is 160 cm³/mol. The molecule has 0 N–H and O–H groups in total. The molecule has 0 amide bonds. The van der Waals surface area contributed by atoms with E-state index in [0.29, 0.717) is 0 Å². The average Bonchev–Trinajstić information content (AvgIpc) is 3.50.